The van der Waals surface area contributed by atoms with Crippen LogP contribution in [0, 0.1) is 0 Å². The Morgan fingerprint density at radius 3 is 2.62 bits per heavy atom. The maximum Gasteiger partial charge on any atom is 0.159 e. The Labute approximate surface area is 154 Å². The fourth-order valence-electron chi connectivity index (χ4n) is 2.61. The third kappa shape index (κ3) is 3.11. The summed E-state index contributed by atoms with van der Waals surface area (Å²) in [5, 5.41) is 10.9. The van der Waals surface area contributed by atoms with Gasteiger partial charge in [0.25, 0.3) is 0 Å². The molecule has 0 spiro atoms. The summed E-state index contributed by atoms with van der Waals surface area (Å²) >= 11 is 14.0. The molecule has 0 radical (unpaired) electrons. The van der Waals surface area contributed by atoms with E-state index in [2.05, 4.69) is 10.2 Å². The van der Waals surface area contributed by atoms with Gasteiger partial charge in [0.15, 0.2) is 5.15 Å². The highest BCUT2D eigenvalue weighted by atomic mass is 35.5. The van der Waals surface area contributed by atoms with Gasteiger partial charge in [-0.3, -0.25) is 0 Å². The number of thioether (sulfide) groups is 1. The van der Waals surface area contributed by atoms with Gasteiger partial charge >= 0.3 is 0 Å². The van der Waals surface area contributed by atoms with Crippen molar-refractivity contribution in [1.82, 2.24) is 10.2 Å². The van der Waals surface area contributed by atoms with Gasteiger partial charge in [0.1, 0.15) is 5.75 Å². The van der Waals surface area contributed by atoms with Crippen molar-refractivity contribution in [2.45, 2.75) is 11.3 Å². The van der Waals surface area contributed by atoms with Crippen LogP contribution >= 0.6 is 35.0 Å². The van der Waals surface area contributed by atoms with E-state index in [0.29, 0.717) is 28.0 Å². The number of benzene rings is 2. The summed E-state index contributed by atoms with van der Waals surface area (Å²) in [5.74, 6) is 0.636. The summed E-state index contributed by atoms with van der Waals surface area (Å²) < 4.78 is 5.19. The maximum atomic E-state index is 6.34. The molecule has 7 heteroatoms. The number of aromatic nitrogens is 2. The van der Waals surface area contributed by atoms with Gasteiger partial charge in [-0.25, -0.2) is 0 Å². The molecule has 1 aromatic heterocycles. The van der Waals surface area contributed by atoms with Crippen molar-refractivity contribution in [1.29, 1.82) is 0 Å². The van der Waals surface area contributed by atoms with E-state index in [0.717, 1.165) is 26.9 Å². The molecule has 0 saturated carbocycles. The first-order chi connectivity index (χ1) is 11.5. The number of halogens is 2. The number of ether oxygens (including phenoxy) is 1. The van der Waals surface area contributed by atoms with E-state index in [1.165, 1.54) is 0 Å². The molecule has 3 rings (SSSR count). The molecule has 0 aliphatic rings. The van der Waals surface area contributed by atoms with Crippen LogP contribution < -0.4 is 10.5 Å². The third-order valence-corrected chi connectivity index (χ3v) is 5.15. The molecule has 2 aromatic carbocycles. The Bertz CT molecular complexity index is 918. The van der Waals surface area contributed by atoms with E-state index < -0.39 is 0 Å². The molecule has 0 aliphatic carbocycles. The SMILES string of the molecule is COc1ccc(Cc2nnc(Cl)c3ccc(SC)c(N)c23)cc1Cl. The van der Waals surface area contributed by atoms with Crippen LogP contribution in [0.5, 0.6) is 5.75 Å². The molecular weight excluding hydrogens is 365 g/mol. The van der Waals surface area contributed by atoms with Crippen molar-refractivity contribution in [3.8, 4) is 5.75 Å². The Hall–Kier alpha value is -1.69. The molecule has 0 amide bonds. The Morgan fingerprint density at radius 2 is 1.96 bits per heavy atom. The van der Waals surface area contributed by atoms with Crippen molar-refractivity contribution in [3.05, 3.63) is 51.8 Å². The average Bonchev–Trinajstić information content (AvgIpc) is 2.58. The van der Waals surface area contributed by atoms with E-state index in [4.69, 9.17) is 33.7 Å². The molecule has 24 heavy (non-hydrogen) atoms. The quantitative estimate of drug-likeness (QED) is 0.518. The lowest BCUT2D eigenvalue weighted by atomic mass is 10.0. The summed E-state index contributed by atoms with van der Waals surface area (Å²) in [6, 6.07) is 9.52. The van der Waals surface area contributed by atoms with Gasteiger partial charge in [-0.1, -0.05) is 29.3 Å². The van der Waals surface area contributed by atoms with Crippen LogP contribution in [0.15, 0.2) is 35.2 Å². The molecule has 124 valence electrons. The average molecular weight is 380 g/mol. The molecule has 0 saturated heterocycles. The lowest BCUT2D eigenvalue weighted by Crippen LogP contribution is -2.01. The largest absolute Gasteiger partial charge is 0.495 e. The van der Waals surface area contributed by atoms with Gasteiger partial charge in [0, 0.05) is 22.1 Å². The van der Waals surface area contributed by atoms with Gasteiger partial charge in [-0.2, -0.15) is 5.10 Å². The minimum atomic E-state index is 0.348. The molecule has 0 unspecified atom stereocenters. The summed E-state index contributed by atoms with van der Waals surface area (Å²) in [7, 11) is 1.59. The predicted molar refractivity (Wildman–Crippen MR) is 102 cm³/mol. The predicted octanol–water partition coefficient (Wildman–Crippen LogP) is 4.84. The Balaban J connectivity index is 2.12. The lowest BCUT2D eigenvalue weighted by Gasteiger charge is -2.12. The minimum Gasteiger partial charge on any atom is -0.495 e. The number of hydrogen-bond donors (Lipinski definition) is 1. The van der Waals surface area contributed by atoms with Crippen LogP contribution in [0.1, 0.15) is 11.3 Å². The first-order valence-corrected chi connectivity index (χ1v) is 9.13. The Kier molecular flexibility index (Phi) is 5.04. The van der Waals surface area contributed by atoms with Gasteiger partial charge in [-0.05, 0) is 36.1 Å². The zero-order valence-electron chi connectivity index (χ0n) is 13.1. The molecule has 0 fully saturated rings. The monoisotopic (exact) mass is 379 g/mol. The number of nitrogen functional groups attached to an aromatic ring is 1. The van der Waals surface area contributed by atoms with Crippen LogP contribution in [0.4, 0.5) is 5.69 Å². The lowest BCUT2D eigenvalue weighted by molar-refractivity contribution is 0.415. The van der Waals surface area contributed by atoms with Crippen LogP contribution in [-0.4, -0.2) is 23.6 Å². The van der Waals surface area contributed by atoms with Gasteiger partial charge in [0.2, 0.25) is 0 Å². The van der Waals surface area contributed by atoms with Gasteiger partial charge in [0.05, 0.1) is 23.5 Å². The summed E-state index contributed by atoms with van der Waals surface area (Å²) in [5.41, 5.74) is 8.77. The molecule has 0 bridgehead atoms. The normalized spacial score (nSPS) is 11.0. The highest BCUT2D eigenvalue weighted by Crippen LogP contribution is 2.35. The second-order valence-corrected chi connectivity index (χ2v) is 6.80. The highest BCUT2D eigenvalue weighted by molar-refractivity contribution is 7.98. The van der Waals surface area contributed by atoms with Gasteiger partial charge < -0.3 is 10.5 Å². The van der Waals surface area contributed by atoms with E-state index in [9.17, 15) is 0 Å². The van der Waals surface area contributed by atoms with Crippen molar-refractivity contribution >= 4 is 51.4 Å². The van der Waals surface area contributed by atoms with Crippen LogP contribution in [0.3, 0.4) is 0 Å². The number of fused-ring (bicyclic) bond motifs is 1. The molecular formula is C17H15Cl2N3OS. The third-order valence-electron chi connectivity index (χ3n) is 3.78. The van der Waals surface area contributed by atoms with E-state index in [-0.39, 0.29) is 0 Å². The van der Waals surface area contributed by atoms with Crippen molar-refractivity contribution in [2.24, 2.45) is 0 Å². The van der Waals surface area contributed by atoms with Crippen LogP contribution in [0.2, 0.25) is 10.2 Å². The summed E-state index contributed by atoms with van der Waals surface area (Å²) in [4.78, 5) is 0.987. The first kappa shape index (κ1) is 17.1. The molecule has 0 atom stereocenters. The second-order valence-electron chi connectivity index (χ2n) is 5.19. The smallest absolute Gasteiger partial charge is 0.159 e. The number of hydrogen-bond acceptors (Lipinski definition) is 5. The molecule has 4 nitrogen and oxygen atoms in total. The number of rotatable bonds is 4. The fourth-order valence-corrected chi connectivity index (χ4v) is 3.61. The van der Waals surface area contributed by atoms with Gasteiger partial charge in [-0.15, -0.1) is 16.9 Å². The van der Waals surface area contributed by atoms with Crippen molar-refractivity contribution < 1.29 is 4.74 Å². The standard InChI is InChI=1S/C17H15Cl2N3OS/c1-23-13-5-3-9(7-11(13)18)8-12-15-10(17(19)22-21-12)4-6-14(24-2)16(15)20/h3-7H,8,20H2,1-2H3. The number of methoxy groups -OCH3 is 1. The Morgan fingerprint density at radius 1 is 1.17 bits per heavy atom. The summed E-state index contributed by atoms with van der Waals surface area (Å²) in [6.45, 7) is 0. The van der Waals surface area contributed by atoms with Crippen LogP contribution in [-0.2, 0) is 6.42 Å². The zero-order chi connectivity index (χ0) is 17.3. The fraction of sp³-hybridized carbons (Fsp3) is 0.176. The zero-order valence-corrected chi connectivity index (χ0v) is 15.5. The van der Waals surface area contributed by atoms with E-state index in [1.54, 1.807) is 18.9 Å². The van der Waals surface area contributed by atoms with E-state index >= 15 is 0 Å². The number of anilines is 1. The maximum absolute atomic E-state index is 6.34. The highest BCUT2D eigenvalue weighted by Gasteiger charge is 2.14. The molecule has 0 aliphatic heterocycles. The second kappa shape index (κ2) is 7.05. The van der Waals surface area contributed by atoms with Crippen LogP contribution in [0.25, 0.3) is 10.8 Å². The molecule has 3 aromatic rings. The van der Waals surface area contributed by atoms with Crippen molar-refractivity contribution in [2.75, 3.05) is 19.1 Å². The van der Waals surface area contributed by atoms with E-state index in [1.807, 2.05) is 36.6 Å². The minimum absolute atomic E-state index is 0.348. The molecule has 1 heterocycles. The molecule has 2 N–H and O–H groups in total. The topological polar surface area (TPSA) is 61.0 Å². The summed E-state index contributed by atoms with van der Waals surface area (Å²) in [6.07, 6.45) is 2.53. The number of nitrogens with two attached hydrogens (primary N) is 1. The number of nitrogens with zero attached hydrogens (tertiary/aromatic N) is 2. The van der Waals surface area contributed by atoms with Crippen molar-refractivity contribution in [3.63, 3.8) is 0 Å². The first-order valence-electron chi connectivity index (χ1n) is 7.14.